The summed E-state index contributed by atoms with van der Waals surface area (Å²) in [7, 11) is -4.24. The van der Waals surface area contributed by atoms with Gasteiger partial charge in [0.2, 0.25) is 0 Å². The van der Waals surface area contributed by atoms with Gasteiger partial charge in [-0.1, -0.05) is 148 Å². The number of hydrogen-bond donors (Lipinski definition) is 1. The Labute approximate surface area is 235 Å². The predicted molar refractivity (Wildman–Crippen MR) is 165 cm³/mol. The van der Waals surface area contributed by atoms with E-state index in [1.807, 2.05) is 6.07 Å². The molecule has 0 aliphatic carbocycles. The highest BCUT2D eigenvalue weighted by atomic mass is 32.2. The summed E-state index contributed by atoms with van der Waals surface area (Å²) in [5.74, 6) is 0. The van der Waals surface area contributed by atoms with Crippen molar-refractivity contribution in [2.24, 2.45) is 0 Å². The lowest BCUT2D eigenvalue weighted by atomic mass is 9.93. The van der Waals surface area contributed by atoms with Crippen molar-refractivity contribution >= 4 is 20.9 Å². The van der Waals surface area contributed by atoms with E-state index in [-0.39, 0.29) is 4.90 Å². The second-order valence-electron chi connectivity index (χ2n) is 11.4. The van der Waals surface area contributed by atoms with Gasteiger partial charge in [0.15, 0.2) is 0 Å². The zero-order valence-corrected chi connectivity index (χ0v) is 25.4. The second kappa shape index (κ2) is 19.6. The first kappa shape index (κ1) is 32.8. The molecule has 1 N–H and O–H groups in total. The van der Waals surface area contributed by atoms with Gasteiger partial charge in [0, 0.05) is 5.39 Å². The van der Waals surface area contributed by atoms with Crippen LogP contribution >= 0.6 is 0 Å². The van der Waals surface area contributed by atoms with E-state index < -0.39 is 10.1 Å². The molecule has 0 bridgehead atoms. The summed E-state index contributed by atoms with van der Waals surface area (Å²) >= 11 is 0. The molecule has 2 rings (SSSR count). The Bertz CT molecular complexity index is 996. The first-order chi connectivity index (χ1) is 18.5. The van der Waals surface area contributed by atoms with Gasteiger partial charge in [-0.2, -0.15) is 8.42 Å². The minimum Gasteiger partial charge on any atom is -0.282 e. The monoisotopic (exact) mass is 544 g/mol. The van der Waals surface area contributed by atoms with Crippen molar-refractivity contribution in [1.82, 2.24) is 0 Å². The molecule has 2 aromatic carbocycles. The van der Waals surface area contributed by atoms with Crippen LogP contribution in [0.3, 0.4) is 0 Å². The lowest BCUT2D eigenvalue weighted by Crippen LogP contribution is -2.02. The Morgan fingerprint density at radius 3 is 1.37 bits per heavy atom. The summed E-state index contributed by atoms with van der Waals surface area (Å²) in [6.45, 7) is 4.54. The van der Waals surface area contributed by atoms with Crippen molar-refractivity contribution in [2.75, 3.05) is 0 Å². The Kier molecular flexibility index (Phi) is 17.0. The Hall–Kier alpha value is -1.39. The SMILES string of the molecule is CCCCCCCCCCCCc1cc2cccc(S(=O)(=O)O)c2cc1CCCCCCCCCCCC. The third kappa shape index (κ3) is 13.1. The highest BCUT2D eigenvalue weighted by Crippen LogP contribution is 2.29. The summed E-state index contributed by atoms with van der Waals surface area (Å²) in [5.41, 5.74) is 2.63. The number of rotatable bonds is 23. The van der Waals surface area contributed by atoms with Crippen molar-refractivity contribution in [2.45, 2.75) is 160 Å². The molecule has 0 amide bonds. The first-order valence-electron chi connectivity index (χ1n) is 16.0. The molecule has 0 aliphatic rings. The van der Waals surface area contributed by atoms with Crippen LogP contribution in [0.5, 0.6) is 0 Å². The molecule has 0 saturated carbocycles. The van der Waals surface area contributed by atoms with Gasteiger partial charge in [-0.25, -0.2) is 0 Å². The normalized spacial score (nSPS) is 12.0. The average Bonchev–Trinajstić information content (AvgIpc) is 2.89. The largest absolute Gasteiger partial charge is 0.295 e. The standard InChI is InChI=1S/C34H56O3S/c1-3-5-7-9-11-13-15-17-19-21-24-30-28-32-26-23-27-34(38(35,36)37)33(32)29-31(30)25-22-20-18-16-14-12-10-8-6-4-2/h23,26-29H,3-22,24-25H2,1-2H3,(H,35,36,37). The molecule has 4 heteroatoms. The number of fused-ring (bicyclic) bond motifs is 1. The molecule has 3 nitrogen and oxygen atoms in total. The smallest absolute Gasteiger partial charge is 0.282 e. The summed E-state index contributed by atoms with van der Waals surface area (Å²) in [6, 6.07) is 9.46. The molecule has 0 unspecified atom stereocenters. The molecule has 0 spiro atoms. The highest BCUT2D eigenvalue weighted by molar-refractivity contribution is 7.86. The molecule has 38 heavy (non-hydrogen) atoms. The van der Waals surface area contributed by atoms with Crippen LogP contribution in [0.2, 0.25) is 0 Å². The maximum Gasteiger partial charge on any atom is 0.295 e. The number of hydrogen-bond acceptors (Lipinski definition) is 2. The van der Waals surface area contributed by atoms with Gasteiger partial charge in [-0.05, 0) is 54.3 Å². The van der Waals surface area contributed by atoms with Crippen LogP contribution in [0.25, 0.3) is 10.8 Å². The van der Waals surface area contributed by atoms with Crippen LogP contribution < -0.4 is 0 Å². The Morgan fingerprint density at radius 1 is 0.553 bits per heavy atom. The lowest BCUT2D eigenvalue weighted by Gasteiger charge is -2.14. The van der Waals surface area contributed by atoms with Gasteiger partial charge in [-0.3, -0.25) is 4.55 Å². The predicted octanol–water partition coefficient (Wildman–Crippen LogP) is 11.0. The van der Waals surface area contributed by atoms with Crippen LogP contribution in [0.1, 0.15) is 153 Å². The Morgan fingerprint density at radius 2 is 0.947 bits per heavy atom. The highest BCUT2D eigenvalue weighted by Gasteiger charge is 2.15. The second-order valence-corrected chi connectivity index (χ2v) is 12.8. The van der Waals surface area contributed by atoms with Crippen molar-refractivity contribution in [1.29, 1.82) is 0 Å². The van der Waals surface area contributed by atoms with E-state index in [1.165, 1.54) is 139 Å². The quantitative estimate of drug-likeness (QED) is 0.112. The topological polar surface area (TPSA) is 54.4 Å². The molecule has 0 radical (unpaired) electrons. The van der Waals surface area contributed by atoms with Gasteiger partial charge in [0.1, 0.15) is 4.90 Å². The zero-order valence-electron chi connectivity index (χ0n) is 24.6. The van der Waals surface area contributed by atoms with E-state index in [9.17, 15) is 13.0 Å². The summed E-state index contributed by atoms with van der Waals surface area (Å²) in [5, 5.41) is 1.57. The molecule has 0 aliphatic heterocycles. The zero-order chi connectivity index (χ0) is 27.5. The fourth-order valence-electron chi connectivity index (χ4n) is 5.68. The van der Waals surface area contributed by atoms with E-state index in [0.29, 0.717) is 5.39 Å². The van der Waals surface area contributed by atoms with E-state index >= 15 is 0 Å². The first-order valence-corrected chi connectivity index (χ1v) is 17.4. The maximum atomic E-state index is 12.0. The molecule has 0 atom stereocenters. The summed E-state index contributed by atoms with van der Waals surface area (Å²) in [4.78, 5) is 0.0322. The Balaban J connectivity index is 1.89. The molecule has 0 heterocycles. The maximum absolute atomic E-state index is 12.0. The van der Waals surface area contributed by atoms with Crippen LogP contribution in [0, 0.1) is 0 Å². The number of benzene rings is 2. The number of unbranched alkanes of at least 4 members (excludes halogenated alkanes) is 18. The van der Waals surface area contributed by atoms with Crippen molar-refractivity contribution < 1.29 is 13.0 Å². The third-order valence-corrected chi connectivity index (χ3v) is 8.95. The van der Waals surface area contributed by atoms with Crippen LogP contribution in [-0.2, 0) is 23.0 Å². The van der Waals surface area contributed by atoms with Crippen molar-refractivity contribution in [3.8, 4) is 0 Å². The van der Waals surface area contributed by atoms with Crippen molar-refractivity contribution in [3.63, 3.8) is 0 Å². The average molecular weight is 545 g/mol. The summed E-state index contributed by atoms with van der Waals surface area (Å²) < 4.78 is 33.8. The third-order valence-electron chi connectivity index (χ3n) is 8.04. The van der Waals surface area contributed by atoms with E-state index in [1.54, 1.807) is 6.07 Å². The summed E-state index contributed by atoms with van der Waals surface area (Å²) in [6.07, 6.45) is 28.5. The van der Waals surface area contributed by atoms with Gasteiger partial charge >= 0.3 is 0 Å². The van der Waals surface area contributed by atoms with Crippen LogP contribution in [0.4, 0.5) is 0 Å². The minimum atomic E-state index is -4.24. The molecule has 2 aromatic rings. The molecule has 0 fully saturated rings. The molecular weight excluding hydrogens is 488 g/mol. The molecule has 0 saturated heterocycles. The van der Waals surface area contributed by atoms with Crippen LogP contribution in [-0.4, -0.2) is 13.0 Å². The van der Waals surface area contributed by atoms with Gasteiger partial charge in [0.25, 0.3) is 10.1 Å². The van der Waals surface area contributed by atoms with E-state index in [4.69, 9.17) is 0 Å². The van der Waals surface area contributed by atoms with Gasteiger partial charge < -0.3 is 0 Å². The molecule has 0 aromatic heterocycles. The van der Waals surface area contributed by atoms with Gasteiger partial charge in [-0.15, -0.1) is 0 Å². The molecular formula is C34H56O3S. The van der Waals surface area contributed by atoms with Gasteiger partial charge in [0.05, 0.1) is 0 Å². The molecule has 216 valence electrons. The number of aryl methyl sites for hydroxylation is 2. The fourth-order valence-corrected chi connectivity index (χ4v) is 6.39. The minimum absolute atomic E-state index is 0.0322. The van der Waals surface area contributed by atoms with E-state index in [0.717, 1.165) is 24.6 Å². The van der Waals surface area contributed by atoms with E-state index in [2.05, 4.69) is 26.0 Å². The lowest BCUT2D eigenvalue weighted by molar-refractivity contribution is 0.484. The van der Waals surface area contributed by atoms with Crippen molar-refractivity contribution in [3.05, 3.63) is 41.5 Å². The fraction of sp³-hybridized carbons (Fsp3) is 0.706. The van der Waals surface area contributed by atoms with Crippen LogP contribution in [0.15, 0.2) is 35.2 Å².